The predicted molar refractivity (Wildman–Crippen MR) is 91.2 cm³/mol. The average Bonchev–Trinajstić information content (AvgIpc) is 3.31. The SMILES string of the molecule is O=C(c1cc2c(s1)CCN2C(=O)c1ccc(F)cc1)N1CCCC1. The van der Waals surface area contributed by atoms with E-state index in [0.717, 1.165) is 42.9 Å². The van der Waals surface area contributed by atoms with Crippen LogP contribution in [0.4, 0.5) is 10.1 Å². The molecular formula is C18H17FN2O2S. The predicted octanol–water partition coefficient (Wildman–Crippen LogP) is 3.33. The molecule has 6 heteroatoms. The van der Waals surface area contributed by atoms with E-state index in [1.807, 2.05) is 11.0 Å². The molecule has 0 spiro atoms. The van der Waals surface area contributed by atoms with Crippen LogP contribution < -0.4 is 4.90 Å². The summed E-state index contributed by atoms with van der Waals surface area (Å²) in [4.78, 5) is 30.6. The Morgan fingerprint density at radius 1 is 1.00 bits per heavy atom. The highest BCUT2D eigenvalue weighted by atomic mass is 32.1. The van der Waals surface area contributed by atoms with Crippen LogP contribution in [0.5, 0.6) is 0 Å². The molecule has 0 unspecified atom stereocenters. The summed E-state index contributed by atoms with van der Waals surface area (Å²) in [5.74, 6) is -0.435. The number of rotatable bonds is 2. The van der Waals surface area contributed by atoms with E-state index in [1.54, 1.807) is 4.90 Å². The van der Waals surface area contributed by atoms with Crippen LogP contribution in [0.3, 0.4) is 0 Å². The fourth-order valence-electron chi connectivity index (χ4n) is 3.30. The molecule has 1 aromatic heterocycles. The minimum absolute atomic E-state index is 0.0704. The number of hydrogen-bond donors (Lipinski definition) is 0. The summed E-state index contributed by atoms with van der Waals surface area (Å²) in [6, 6.07) is 7.42. The Morgan fingerprint density at radius 2 is 1.71 bits per heavy atom. The molecule has 1 aromatic carbocycles. The zero-order valence-electron chi connectivity index (χ0n) is 13.1. The highest BCUT2D eigenvalue weighted by Crippen LogP contribution is 2.37. The summed E-state index contributed by atoms with van der Waals surface area (Å²) in [5, 5.41) is 0. The number of benzene rings is 1. The fourth-order valence-corrected chi connectivity index (χ4v) is 4.42. The highest BCUT2D eigenvalue weighted by Gasteiger charge is 2.30. The Labute approximate surface area is 143 Å². The highest BCUT2D eigenvalue weighted by molar-refractivity contribution is 7.14. The summed E-state index contributed by atoms with van der Waals surface area (Å²) in [6.45, 7) is 2.24. The van der Waals surface area contributed by atoms with E-state index in [2.05, 4.69) is 0 Å². The van der Waals surface area contributed by atoms with Gasteiger partial charge in [0.25, 0.3) is 11.8 Å². The molecule has 3 heterocycles. The quantitative estimate of drug-likeness (QED) is 0.838. The molecule has 0 N–H and O–H groups in total. The molecule has 4 nitrogen and oxygen atoms in total. The van der Waals surface area contributed by atoms with Crippen LogP contribution in [-0.2, 0) is 6.42 Å². The average molecular weight is 344 g/mol. The van der Waals surface area contributed by atoms with Gasteiger partial charge in [0.15, 0.2) is 0 Å². The van der Waals surface area contributed by atoms with Gasteiger partial charge in [-0.15, -0.1) is 11.3 Å². The Kier molecular flexibility index (Phi) is 3.84. The first kappa shape index (κ1) is 15.3. The van der Waals surface area contributed by atoms with Crippen molar-refractivity contribution in [2.45, 2.75) is 19.3 Å². The molecule has 2 amide bonds. The molecule has 1 fully saturated rings. The van der Waals surface area contributed by atoms with Crippen molar-refractivity contribution >= 4 is 28.8 Å². The van der Waals surface area contributed by atoms with Gasteiger partial charge < -0.3 is 9.80 Å². The molecule has 2 aliphatic rings. The van der Waals surface area contributed by atoms with Crippen LogP contribution in [0, 0.1) is 5.82 Å². The van der Waals surface area contributed by atoms with Crippen molar-refractivity contribution in [1.29, 1.82) is 0 Å². The summed E-state index contributed by atoms with van der Waals surface area (Å²) in [6.07, 6.45) is 2.89. The first-order valence-corrected chi connectivity index (χ1v) is 8.94. The zero-order chi connectivity index (χ0) is 16.7. The van der Waals surface area contributed by atoms with Gasteiger partial charge in [-0.2, -0.15) is 0 Å². The molecule has 2 aliphatic heterocycles. The molecule has 0 atom stereocenters. The number of likely N-dealkylation sites (tertiary alicyclic amines) is 1. The van der Waals surface area contributed by atoms with Gasteiger partial charge in [-0.25, -0.2) is 4.39 Å². The van der Waals surface area contributed by atoms with Gasteiger partial charge in [-0.1, -0.05) is 0 Å². The van der Waals surface area contributed by atoms with Crippen molar-refractivity contribution in [2.24, 2.45) is 0 Å². The third-order valence-corrected chi connectivity index (χ3v) is 5.75. The van der Waals surface area contributed by atoms with Gasteiger partial charge in [-0.3, -0.25) is 9.59 Å². The van der Waals surface area contributed by atoms with Gasteiger partial charge in [0, 0.05) is 36.5 Å². The molecule has 0 bridgehead atoms. The monoisotopic (exact) mass is 344 g/mol. The minimum atomic E-state index is -0.359. The summed E-state index contributed by atoms with van der Waals surface area (Å²) >= 11 is 1.49. The van der Waals surface area contributed by atoms with Crippen LogP contribution in [0.2, 0.25) is 0 Å². The topological polar surface area (TPSA) is 40.6 Å². The van der Waals surface area contributed by atoms with Crippen molar-refractivity contribution in [2.75, 3.05) is 24.5 Å². The van der Waals surface area contributed by atoms with Crippen molar-refractivity contribution in [3.05, 3.63) is 51.5 Å². The lowest BCUT2D eigenvalue weighted by Gasteiger charge is -2.17. The van der Waals surface area contributed by atoms with E-state index in [4.69, 9.17) is 0 Å². The molecule has 0 aliphatic carbocycles. The van der Waals surface area contributed by atoms with Crippen LogP contribution in [0.15, 0.2) is 30.3 Å². The molecule has 124 valence electrons. The lowest BCUT2D eigenvalue weighted by Crippen LogP contribution is -2.29. The lowest BCUT2D eigenvalue weighted by atomic mass is 10.2. The number of halogens is 1. The number of hydrogen-bond acceptors (Lipinski definition) is 3. The smallest absolute Gasteiger partial charge is 0.264 e. The summed E-state index contributed by atoms with van der Waals surface area (Å²) < 4.78 is 13.0. The van der Waals surface area contributed by atoms with Gasteiger partial charge in [0.1, 0.15) is 5.82 Å². The van der Waals surface area contributed by atoms with Crippen LogP contribution in [-0.4, -0.2) is 36.3 Å². The standard InChI is InChI=1S/C18H17FN2O2S/c19-13-5-3-12(4-6-13)17(22)21-10-7-15-14(21)11-16(24-15)18(23)20-8-1-2-9-20/h3-6,11H,1-2,7-10H2. The van der Waals surface area contributed by atoms with Gasteiger partial charge in [0.2, 0.25) is 0 Å². The van der Waals surface area contributed by atoms with E-state index in [9.17, 15) is 14.0 Å². The maximum absolute atomic E-state index is 13.0. The molecule has 1 saturated heterocycles. The number of carbonyl (C=O) groups is 2. The Balaban J connectivity index is 1.58. The van der Waals surface area contributed by atoms with Crippen molar-refractivity contribution in [3.8, 4) is 0 Å². The summed E-state index contributed by atoms with van der Waals surface area (Å²) in [7, 11) is 0. The number of carbonyl (C=O) groups excluding carboxylic acids is 2. The Hall–Kier alpha value is -2.21. The van der Waals surface area contributed by atoms with E-state index in [-0.39, 0.29) is 17.6 Å². The zero-order valence-corrected chi connectivity index (χ0v) is 13.9. The van der Waals surface area contributed by atoms with E-state index in [0.29, 0.717) is 17.0 Å². The van der Waals surface area contributed by atoms with Crippen molar-refractivity contribution in [1.82, 2.24) is 4.90 Å². The maximum Gasteiger partial charge on any atom is 0.264 e. The van der Waals surface area contributed by atoms with E-state index in [1.165, 1.54) is 35.6 Å². The lowest BCUT2D eigenvalue weighted by molar-refractivity contribution is 0.0797. The molecular weight excluding hydrogens is 327 g/mol. The number of fused-ring (bicyclic) bond motifs is 1. The first-order valence-electron chi connectivity index (χ1n) is 8.13. The molecule has 0 saturated carbocycles. The second-order valence-electron chi connectivity index (χ2n) is 6.13. The number of thiophene rings is 1. The third kappa shape index (κ3) is 2.60. The molecule has 24 heavy (non-hydrogen) atoms. The van der Waals surface area contributed by atoms with Crippen LogP contribution >= 0.6 is 11.3 Å². The second kappa shape index (κ2) is 6.02. The number of amides is 2. The first-order chi connectivity index (χ1) is 11.6. The van der Waals surface area contributed by atoms with Crippen molar-refractivity contribution in [3.63, 3.8) is 0 Å². The Morgan fingerprint density at radius 3 is 2.42 bits per heavy atom. The molecule has 2 aromatic rings. The second-order valence-corrected chi connectivity index (χ2v) is 7.27. The fraction of sp³-hybridized carbons (Fsp3) is 0.333. The Bertz CT molecular complexity index is 794. The largest absolute Gasteiger partial charge is 0.338 e. The van der Waals surface area contributed by atoms with Gasteiger partial charge in [0.05, 0.1) is 10.6 Å². The molecule has 0 radical (unpaired) electrons. The minimum Gasteiger partial charge on any atom is -0.338 e. The maximum atomic E-state index is 13.0. The van der Waals surface area contributed by atoms with Crippen molar-refractivity contribution < 1.29 is 14.0 Å². The van der Waals surface area contributed by atoms with E-state index < -0.39 is 0 Å². The number of nitrogens with zero attached hydrogens (tertiary/aromatic N) is 2. The van der Waals surface area contributed by atoms with Gasteiger partial charge in [-0.05, 0) is 43.2 Å². The number of anilines is 1. The van der Waals surface area contributed by atoms with Crippen LogP contribution in [0.1, 0.15) is 37.7 Å². The summed E-state index contributed by atoms with van der Waals surface area (Å²) in [5.41, 5.74) is 1.29. The van der Waals surface area contributed by atoms with Gasteiger partial charge >= 0.3 is 0 Å². The normalized spacial score (nSPS) is 16.5. The molecule has 4 rings (SSSR count). The third-order valence-electron chi connectivity index (χ3n) is 4.58. The van der Waals surface area contributed by atoms with Crippen LogP contribution in [0.25, 0.3) is 0 Å². The van der Waals surface area contributed by atoms with E-state index >= 15 is 0 Å².